The molecule has 1 saturated heterocycles. The molecule has 4 heteroatoms. The van der Waals surface area contributed by atoms with Gasteiger partial charge in [0.25, 0.3) is 0 Å². The highest BCUT2D eigenvalue weighted by Crippen LogP contribution is 2.20. The molecule has 1 aliphatic rings. The van der Waals surface area contributed by atoms with E-state index in [4.69, 9.17) is 5.73 Å². The van der Waals surface area contributed by atoms with Gasteiger partial charge in [0.05, 0.1) is 6.04 Å². The molecule has 2 atom stereocenters. The molecule has 0 aliphatic carbocycles. The van der Waals surface area contributed by atoms with E-state index in [0.717, 1.165) is 12.2 Å². The molecule has 4 nitrogen and oxygen atoms in total. The van der Waals surface area contributed by atoms with E-state index < -0.39 is 0 Å². The van der Waals surface area contributed by atoms with Crippen LogP contribution in [0.25, 0.3) is 0 Å². The van der Waals surface area contributed by atoms with Gasteiger partial charge in [0.1, 0.15) is 0 Å². The number of nitrogens with zero attached hydrogens (tertiary/aromatic N) is 1. The van der Waals surface area contributed by atoms with E-state index in [-0.39, 0.29) is 11.9 Å². The molecule has 0 radical (unpaired) electrons. The Hall–Kier alpha value is -1.55. The highest BCUT2D eigenvalue weighted by Gasteiger charge is 2.27. The lowest BCUT2D eigenvalue weighted by molar-refractivity contribution is -0.122. The molecular formula is C15H23N3O. The summed E-state index contributed by atoms with van der Waals surface area (Å²) < 4.78 is 0. The lowest BCUT2D eigenvalue weighted by Crippen LogP contribution is -2.48. The standard InChI is InChI=1S/C15H23N3O/c1-11-5-3-4-10-18(11)12(2)15(19)17-14-8-6-13(16)7-9-14/h6-9,11-12H,3-5,10,16H2,1-2H3,(H,17,19). The summed E-state index contributed by atoms with van der Waals surface area (Å²) in [6, 6.07) is 7.65. The van der Waals surface area contributed by atoms with Crippen molar-refractivity contribution in [3.05, 3.63) is 24.3 Å². The van der Waals surface area contributed by atoms with E-state index in [1.54, 1.807) is 12.1 Å². The Kier molecular flexibility index (Phi) is 4.43. The lowest BCUT2D eigenvalue weighted by atomic mass is 10.0. The summed E-state index contributed by atoms with van der Waals surface area (Å²) in [5.41, 5.74) is 7.14. The smallest absolute Gasteiger partial charge is 0.241 e. The maximum Gasteiger partial charge on any atom is 0.241 e. The Bertz CT molecular complexity index is 430. The Morgan fingerprint density at radius 3 is 2.68 bits per heavy atom. The molecule has 2 rings (SSSR count). The third-order valence-corrected chi connectivity index (χ3v) is 3.91. The van der Waals surface area contributed by atoms with E-state index in [2.05, 4.69) is 17.1 Å². The van der Waals surface area contributed by atoms with Crippen LogP contribution in [0.15, 0.2) is 24.3 Å². The van der Waals surface area contributed by atoms with Crippen LogP contribution in [-0.4, -0.2) is 29.4 Å². The minimum absolute atomic E-state index is 0.0542. The van der Waals surface area contributed by atoms with Crippen molar-refractivity contribution in [2.75, 3.05) is 17.6 Å². The van der Waals surface area contributed by atoms with Crippen LogP contribution >= 0.6 is 0 Å². The first kappa shape index (κ1) is 13.9. The van der Waals surface area contributed by atoms with Gasteiger partial charge in [0, 0.05) is 17.4 Å². The molecule has 3 N–H and O–H groups in total. The average molecular weight is 261 g/mol. The number of likely N-dealkylation sites (tertiary alicyclic amines) is 1. The predicted octanol–water partition coefficient (Wildman–Crippen LogP) is 2.47. The van der Waals surface area contributed by atoms with Gasteiger partial charge in [-0.3, -0.25) is 9.69 Å². The Balaban J connectivity index is 1.96. The number of hydrogen-bond acceptors (Lipinski definition) is 3. The molecule has 1 amide bonds. The van der Waals surface area contributed by atoms with Crippen molar-refractivity contribution in [3.63, 3.8) is 0 Å². The zero-order chi connectivity index (χ0) is 13.8. The summed E-state index contributed by atoms with van der Waals surface area (Å²) in [5.74, 6) is 0.0542. The lowest BCUT2D eigenvalue weighted by Gasteiger charge is -2.37. The number of piperidine rings is 1. The number of nitrogen functional groups attached to an aromatic ring is 1. The summed E-state index contributed by atoms with van der Waals surface area (Å²) in [6.45, 7) is 5.19. The van der Waals surface area contributed by atoms with Crippen LogP contribution in [0.2, 0.25) is 0 Å². The number of carbonyl (C=O) groups excluding carboxylic acids is 1. The summed E-state index contributed by atoms with van der Waals surface area (Å²) in [4.78, 5) is 14.5. The van der Waals surface area contributed by atoms with Crippen LogP contribution in [0.1, 0.15) is 33.1 Å². The molecule has 1 aromatic carbocycles. The fraction of sp³-hybridized carbons (Fsp3) is 0.533. The van der Waals surface area contributed by atoms with Crippen LogP contribution < -0.4 is 11.1 Å². The first-order valence-corrected chi connectivity index (χ1v) is 7.00. The zero-order valence-corrected chi connectivity index (χ0v) is 11.7. The predicted molar refractivity (Wildman–Crippen MR) is 79.0 cm³/mol. The molecule has 0 spiro atoms. The molecular weight excluding hydrogens is 238 g/mol. The summed E-state index contributed by atoms with van der Waals surface area (Å²) >= 11 is 0. The molecule has 1 heterocycles. The minimum atomic E-state index is -0.0900. The molecule has 1 aromatic rings. The van der Waals surface area contributed by atoms with Crippen LogP contribution in [0.3, 0.4) is 0 Å². The second-order valence-electron chi connectivity index (χ2n) is 5.37. The third kappa shape index (κ3) is 3.47. The van der Waals surface area contributed by atoms with Gasteiger partial charge in [-0.2, -0.15) is 0 Å². The molecule has 0 aromatic heterocycles. The fourth-order valence-corrected chi connectivity index (χ4v) is 2.66. The van der Waals surface area contributed by atoms with Crippen molar-refractivity contribution in [2.24, 2.45) is 0 Å². The van der Waals surface area contributed by atoms with Gasteiger partial charge in [-0.25, -0.2) is 0 Å². The van der Waals surface area contributed by atoms with E-state index in [1.165, 1.54) is 19.3 Å². The maximum absolute atomic E-state index is 12.3. The highest BCUT2D eigenvalue weighted by molar-refractivity contribution is 5.94. The van der Waals surface area contributed by atoms with E-state index >= 15 is 0 Å². The van der Waals surface area contributed by atoms with Crippen molar-refractivity contribution >= 4 is 17.3 Å². The zero-order valence-electron chi connectivity index (χ0n) is 11.7. The first-order chi connectivity index (χ1) is 9.08. The topological polar surface area (TPSA) is 58.4 Å². The Morgan fingerprint density at radius 2 is 2.05 bits per heavy atom. The normalized spacial score (nSPS) is 21.9. The van der Waals surface area contributed by atoms with Gasteiger partial charge in [-0.15, -0.1) is 0 Å². The van der Waals surface area contributed by atoms with Crippen LogP contribution in [0.5, 0.6) is 0 Å². The Morgan fingerprint density at radius 1 is 1.37 bits per heavy atom. The van der Waals surface area contributed by atoms with E-state index in [9.17, 15) is 4.79 Å². The van der Waals surface area contributed by atoms with Gasteiger partial charge < -0.3 is 11.1 Å². The van der Waals surface area contributed by atoms with Crippen molar-refractivity contribution < 1.29 is 4.79 Å². The molecule has 0 bridgehead atoms. The van der Waals surface area contributed by atoms with E-state index in [1.807, 2.05) is 19.1 Å². The third-order valence-electron chi connectivity index (χ3n) is 3.91. The number of rotatable bonds is 3. The van der Waals surface area contributed by atoms with Gasteiger partial charge in [-0.05, 0) is 57.5 Å². The second-order valence-corrected chi connectivity index (χ2v) is 5.37. The van der Waals surface area contributed by atoms with E-state index in [0.29, 0.717) is 11.7 Å². The van der Waals surface area contributed by atoms with Crippen LogP contribution in [-0.2, 0) is 4.79 Å². The van der Waals surface area contributed by atoms with Crippen molar-refractivity contribution in [1.82, 2.24) is 4.90 Å². The SMILES string of the molecule is CC1CCCCN1C(C)C(=O)Nc1ccc(N)cc1. The number of amides is 1. The number of nitrogens with one attached hydrogen (secondary N) is 1. The Labute approximate surface area is 115 Å². The summed E-state index contributed by atoms with van der Waals surface area (Å²) in [5, 5.41) is 2.95. The van der Waals surface area contributed by atoms with Crippen molar-refractivity contribution in [3.8, 4) is 0 Å². The van der Waals surface area contributed by atoms with Gasteiger partial charge >= 0.3 is 0 Å². The number of hydrogen-bond donors (Lipinski definition) is 2. The maximum atomic E-state index is 12.3. The largest absolute Gasteiger partial charge is 0.399 e. The minimum Gasteiger partial charge on any atom is -0.399 e. The summed E-state index contributed by atoms with van der Waals surface area (Å²) in [7, 11) is 0. The molecule has 19 heavy (non-hydrogen) atoms. The second kappa shape index (κ2) is 6.06. The molecule has 0 saturated carbocycles. The number of nitrogens with two attached hydrogens (primary N) is 1. The van der Waals surface area contributed by atoms with Crippen LogP contribution in [0.4, 0.5) is 11.4 Å². The number of benzene rings is 1. The van der Waals surface area contributed by atoms with Crippen LogP contribution in [0, 0.1) is 0 Å². The van der Waals surface area contributed by atoms with Gasteiger partial charge in [0.15, 0.2) is 0 Å². The van der Waals surface area contributed by atoms with Gasteiger partial charge in [-0.1, -0.05) is 6.42 Å². The monoisotopic (exact) mass is 261 g/mol. The molecule has 1 aliphatic heterocycles. The number of anilines is 2. The average Bonchev–Trinajstić information content (AvgIpc) is 2.41. The molecule has 104 valence electrons. The highest BCUT2D eigenvalue weighted by atomic mass is 16.2. The van der Waals surface area contributed by atoms with Gasteiger partial charge in [0.2, 0.25) is 5.91 Å². The quantitative estimate of drug-likeness (QED) is 0.822. The fourth-order valence-electron chi connectivity index (χ4n) is 2.66. The first-order valence-electron chi connectivity index (χ1n) is 7.00. The number of carbonyl (C=O) groups is 1. The molecule has 1 fully saturated rings. The summed E-state index contributed by atoms with van der Waals surface area (Å²) in [6.07, 6.45) is 3.63. The molecule has 2 unspecified atom stereocenters. The van der Waals surface area contributed by atoms with Crippen molar-refractivity contribution in [2.45, 2.75) is 45.2 Å². The van der Waals surface area contributed by atoms with Crippen molar-refractivity contribution in [1.29, 1.82) is 0 Å².